The van der Waals surface area contributed by atoms with Gasteiger partial charge in [-0.2, -0.15) is 0 Å². The zero-order valence-corrected chi connectivity index (χ0v) is 15.7. The first kappa shape index (κ1) is 16.5. The summed E-state index contributed by atoms with van der Waals surface area (Å²) in [6.07, 6.45) is 0. The van der Waals surface area contributed by atoms with Crippen LogP contribution in [-0.4, -0.2) is 22.1 Å². The lowest BCUT2D eigenvalue weighted by atomic mass is 10.1. The zero-order chi connectivity index (χ0) is 15.7. The molecule has 0 aliphatic rings. The zero-order valence-electron chi connectivity index (χ0n) is 10.6. The van der Waals surface area contributed by atoms with Gasteiger partial charge in [0.15, 0.2) is 0 Å². The van der Waals surface area contributed by atoms with Crippen molar-refractivity contribution in [1.82, 2.24) is 0 Å². The van der Waals surface area contributed by atoms with E-state index in [1.165, 1.54) is 0 Å². The molecule has 0 saturated carbocycles. The number of amides is 1. The Bertz CT molecular complexity index is 742. The highest BCUT2D eigenvalue weighted by Crippen LogP contribution is 2.31. The van der Waals surface area contributed by atoms with Crippen LogP contribution in [0.1, 0.15) is 25.6 Å². The first-order valence-corrected chi connectivity index (χ1v) is 8.65. The minimum absolute atomic E-state index is 0.0701. The van der Waals surface area contributed by atoms with Gasteiger partial charge in [0.25, 0.3) is 5.91 Å². The van der Waals surface area contributed by atoms with Crippen LogP contribution in [0, 0.1) is 14.1 Å². The number of halogens is 2. The topological polar surface area (TPSA) is 86.6 Å². The lowest BCUT2D eigenvalue weighted by molar-refractivity contribution is 0.0703. The molecule has 2 aromatic rings. The van der Waals surface area contributed by atoms with Gasteiger partial charge in [-0.05, 0) is 75.2 Å². The molecule has 8 heteroatoms. The summed E-state index contributed by atoms with van der Waals surface area (Å²) >= 11 is 5.04. The van der Waals surface area contributed by atoms with Crippen molar-refractivity contribution in [2.45, 2.75) is 6.92 Å². The van der Waals surface area contributed by atoms with Crippen LogP contribution in [0.15, 0.2) is 17.5 Å². The largest absolute Gasteiger partial charge is 0.506 e. The standard InChI is InChI=1S/C13H9I2NO4S/c1-5-4-21-11(13(19)20)9(5)16-12(18)7-2-6(14)3-8(15)10(7)17/h2-4,17H,1H3,(H,16,18)(H,19,20). The molecular weight excluding hydrogens is 520 g/mol. The lowest BCUT2D eigenvalue weighted by Gasteiger charge is -2.09. The lowest BCUT2D eigenvalue weighted by Crippen LogP contribution is -2.15. The summed E-state index contributed by atoms with van der Waals surface area (Å²) in [7, 11) is 0. The number of aryl methyl sites for hydroxylation is 1. The molecule has 110 valence electrons. The second kappa shape index (κ2) is 6.48. The molecule has 1 aromatic carbocycles. The maximum absolute atomic E-state index is 12.3. The first-order valence-electron chi connectivity index (χ1n) is 5.62. The fraction of sp³-hybridized carbons (Fsp3) is 0.0769. The van der Waals surface area contributed by atoms with E-state index < -0.39 is 11.9 Å². The monoisotopic (exact) mass is 529 g/mol. The van der Waals surface area contributed by atoms with Gasteiger partial charge in [-0.15, -0.1) is 11.3 Å². The molecule has 2 rings (SSSR count). The van der Waals surface area contributed by atoms with Gasteiger partial charge in [0.1, 0.15) is 10.6 Å². The summed E-state index contributed by atoms with van der Waals surface area (Å²) in [5, 5.41) is 23.3. The van der Waals surface area contributed by atoms with Crippen LogP contribution in [0.4, 0.5) is 5.69 Å². The molecule has 0 atom stereocenters. The SMILES string of the molecule is Cc1csc(C(=O)O)c1NC(=O)c1cc(I)cc(I)c1O. The van der Waals surface area contributed by atoms with Gasteiger partial charge in [-0.3, -0.25) is 4.79 Å². The highest BCUT2D eigenvalue weighted by atomic mass is 127. The molecule has 0 aliphatic carbocycles. The predicted octanol–water partition coefficient (Wildman–Crippen LogP) is 3.92. The maximum atomic E-state index is 12.3. The number of carbonyl (C=O) groups is 2. The Morgan fingerprint density at radius 1 is 1.29 bits per heavy atom. The number of benzene rings is 1. The van der Waals surface area contributed by atoms with Crippen molar-refractivity contribution in [2.75, 3.05) is 5.32 Å². The quantitative estimate of drug-likeness (QED) is 0.527. The molecule has 0 radical (unpaired) electrons. The molecule has 0 saturated heterocycles. The molecule has 0 bridgehead atoms. The number of aromatic hydroxyl groups is 1. The Labute approximate surface area is 151 Å². The number of carboxylic acids is 1. The molecule has 3 N–H and O–H groups in total. The fourth-order valence-electron chi connectivity index (χ4n) is 1.68. The van der Waals surface area contributed by atoms with E-state index in [0.717, 1.165) is 14.9 Å². The average molecular weight is 529 g/mol. The molecule has 5 nitrogen and oxygen atoms in total. The van der Waals surface area contributed by atoms with Crippen LogP contribution in [0.2, 0.25) is 0 Å². The normalized spacial score (nSPS) is 10.4. The van der Waals surface area contributed by atoms with Crippen LogP contribution in [0.25, 0.3) is 0 Å². The number of aromatic carboxylic acids is 1. The Morgan fingerprint density at radius 2 is 1.95 bits per heavy atom. The van der Waals surface area contributed by atoms with Gasteiger partial charge in [0, 0.05) is 3.57 Å². The van der Waals surface area contributed by atoms with Crippen molar-refractivity contribution >= 4 is 74.1 Å². The number of carboxylic acid groups (broad SMARTS) is 1. The van der Waals surface area contributed by atoms with E-state index in [0.29, 0.717) is 9.13 Å². The van der Waals surface area contributed by atoms with E-state index in [1.54, 1.807) is 24.4 Å². The molecule has 1 amide bonds. The number of phenols is 1. The molecule has 1 heterocycles. The summed E-state index contributed by atoms with van der Waals surface area (Å²) in [4.78, 5) is 23.5. The Balaban J connectivity index is 2.40. The minimum Gasteiger partial charge on any atom is -0.506 e. The molecule has 0 unspecified atom stereocenters. The number of carbonyl (C=O) groups excluding carboxylic acids is 1. The third kappa shape index (κ3) is 3.48. The first-order chi connectivity index (χ1) is 9.81. The number of hydrogen-bond acceptors (Lipinski definition) is 4. The number of hydrogen-bond donors (Lipinski definition) is 3. The number of thiophene rings is 1. The Morgan fingerprint density at radius 3 is 2.57 bits per heavy atom. The Hall–Kier alpha value is -0.880. The summed E-state index contributed by atoms with van der Waals surface area (Å²) in [6.45, 7) is 1.72. The molecule has 1 aromatic heterocycles. The second-order valence-corrected chi connectivity index (χ2v) is 7.45. The number of phenolic OH excluding ortho intramolecular Hbond substituents is 1. The van der Waals surface area contributed by atoms with Crippen molar-refractivity contribution in [2.24, 2.45) is 0 Å². The van der Waals surface area contributed by atoms with Gasteiger partial charge >= 0.3 is 5.97 Å². The number of rotatable bonds is 3. The third-order valence-electron chi connectivity index (χ3n) is 2.68. The molecule has 0 spiro atoms. The van der Waals surface area contributed by atoms with Gasteiger partial charge in [0.05, 0.1) is 14.8 Å². The highest BCUT2D eigenvalue weighted by molar-refractivity contribution is 14.1. The summed E-state index contributed by atoms with van der Waals surface area (Å²) in [5.41, 5.74) is 1.06. The van der Waals surface area contributed by atoms with Crippen molar-refractivity contribution in [3.05, 3.63) is 40.7 Å². The van der Waals surface area contributed by atoms with Gasteiger partial charge in [-0.25, -0.2) is 4.79 Å². The van der Waals surface area contributed by atoms with E-state index >= 15 is 0 Å². The number of nitrogens with one attached hydrogen (secondary N) is 1. The number of anilines is 1. The second-order valence-electron chi connectivity index (χ2n) is 4.17. The van der Waals surface area contributed by atoms with Crippen molar-refractivity contribution in [3.8, 4) is 5.75 Å². The van der Waals surface area contributed by atoms with Crippen LogP contribution in [0.3, 0.4) is 0 Å². The van der Waals surface area contributed by atoms with Gasteiger partial charge < -0.3 is 15.5 Å². The van der Waals surface area contributed by atoms with Crippen molar-refractivity contribution in [1.29, 1.82) is 0 Å². The van der Waals surface area contributed by atoms with Crippen LogP contribution >= 0.6 is 56.5 Å². The third-order valence-corrected chi connectivity index (χ3v) is 5.21. The van der Waals surface area contributed by atoms with Crippen LogP contribution in [-0.2, 0) is 0 Å². The van der Waals surface area contributed by atoms with Crippen molar-refractivity contribution in [3.63, 3.8) is 0 Å². The van der Waals surface area contributed by atoms with Gasteiger partial charge in [-0.1, -0.05) is 0 Å². The summed E-state index contributed by atoms with van der Waals surface area (Å²) in [6, 6.07) is 3.29. The molecule has 0 aliphatic heterocycles. The van der Waals surface area contributed by atoms with Crippen LogP contribution < -0.4 is 5.32 Å². The average Bonchev–Trinajstić information content (AvgIpc) is 2.75. The van der Waals surface area contributed by atoms with E-state index in [4.69, 9.17) is 5.11 Å². The maximum Gasteiger partial charge on any atom is 0.348 e. The summed E-state index contributed by atoms with van der Waals surface area (Å²) in [5.74, 6) is -1.74. The highest BCUT2D eigenvalue weighted by Gasteiger charge is 2.20. The van der Waals surface area contributed by atoms with Crippen molar-refractivity contribution < 1.29 is 19.8 Å². The molecular formula is C13H9I2NO4S. The fourth-order valence-corrected chi connectivity index (χ4v) is 4.36. The predicted molar refractivity (Wildman–Crippen MR) is 97.5 cm³/mol. The molecule has 21 heavy (non-hydrogen) atoms. The van der Waals surface area contributed by atoms with Crippen LogP contribution in [0.5, 0.6) is 5.75 Å². The van der Waals surface area contributed by atoms with Gasteiger partial charge in [0.2, 0.25) is 0 Å². The summed E-state index contributed by atoms with van der Waals surface area (Å²) < 4.78 is 1.37. The minimum atomic E-state index is -1.09. The van der Waals surface area contributed by atoms with E-state index in [9.17, 15) is 14.7 Å². The van der Waals surface area contributed by atoms with E-state index in [1.807, 2.05) is 45.2 Å². The Kier molecular flexibility index (Phi) is 5.09. The molecule has 0 fully saturated rings. The smallest absolute Gasteiger partial charge is 0.348 e. The van der Waals surface area contributed by atoms with E-state index in [2.05, 4.69) is 5.32 Å². The van der Waals surface area contributed by atoms with E-state index in [-0.39, 0.29) is 21.9 Å².